The summed E-state index contributed by atoms with van der Waals surface area (Å²) >= 11 is 0. The first-order valence-electron chi connectivity index (χ1n) is 3.72. The maximum absolute atomic E-state index is 7.01. The molecule has 0 aromatic rings. The largest absolute Gasteiger partial charge is 0.394 e. The number of hydrogen-bond acceptors (Lipinski definition) is 2. The molecule has 0 saturated heterocycles. The highest BCUT2D eigenvalue weighted by Crippen LogP contribution is 2.02. The molecule has 0 saturated carbocycles. The SMILES string of the molecule is CCCC/C(C=N)=C/NC. The van der Waals surface area contributed by atoms with Gasteiger partial charge in [-0.15, -0.1) is 0 Å². The minimum absolute atomic E-state index is 1.01. The maximum Gasteiger partial charge on any atom is 0.0224 e. The summed E-state index contributed by atoms with van der Waals surface area (Å²) in [4.78, 5) is 0. The molecular formula is C8H16N2. The summed E-state index contributed by atoms with van der Waals surface area (Å²) in [7, 11) is 1.86. The van der Waals surface area contributed by atoms with Crippen molar-refractivity contribution in [3.8, 4) is 0 Å². The molecule has 0 atom stereocenters. The Morgan fingerprint density at radius 1 is 1.60 bits per heavy atom. The van der Waals surface area contributed by atoms with Gasteiger partial charge in [-0.3, -0.25) is 0 Å². The molecule has 0 unspecified atom stereocenters. The highest BCUT2D eigenvalue weighted by Gasteiger charge is 1.89. The molecule has 2 N–H and O–H groups in total. The van der Waals surface area contributed by atoms with Crippen LogP contribution in [0.2, 0.25) is 0 Å². The van der Waals surface area contributed by atoms with E-state index in [1.807, 2.05) is 13.2 Å². The summed E-state index contributed by atoms with van der Waals surface area (Å²) in [6.45, 7) is 2.15. The van der Waals surface area contributed by atoms with Crippen LogP contribution in [0.25, 0.3) is 0 Å². The predicted octanol–water partition coefficient (Wildman–Crippen LogP) is 1.93. The lowest BCUT2D eigenvalue weighted by atomic mass is 10.1. The Labute approximate surface area is 62.8 Å². The van der Waals surface area contributed by atoms with Crippen LogP contribution in [0.1, 0.15) is 26.2 Å². The Hall–Kier alpha value is -0.790. The lowest BCUT2D eigenvalue weighted by molar-refractivity contribution is 0.799. The summed E-state index contributed by atoms with van der Waals surface area (Å²) in [5.74, 6) is 0. The average Bonchev–Trinajstić information content (AvgIpc) is 1.98. The first kappa shape index (κ1) is 9.21. The minimum atomic E-state index is 1.01. The highest BCUT2D eigenvalue weighted by molar-refractivity contribution is 5.75. The van der Waals surface area contributed by atoms with E-state index < -0.39 is 0 Å². The molecule has 0 bridgehead atoms. The first-order valence-corrected chi connectivity index (χ1v) is 3.72. The van der Waals surface area contributed by atoms with Gasteiger partial charge in [0.25, 0.3) is 0 Å². The molecule has 2 nitrogen and oxygen atoms in total. The van der Waals surface area contributed by atoms with Crippen LogP contribution in [-0.2, 0) is 0 Å². The molecule has 0 aromatic carbocycles. The molecule has 0 spiro atoms. The second-order valence-electron chi connectivity index (χ2n) is 2.26. The Morgan fingerprint density at radius 3 is 2.70 bits per heavy atom. The Morgan fingerprint density at radius 2 is 2.30 bits per heavy atom. The molecule has 0 aliphatic rings. The van der Waals surface area contributed by atoms with Crippen LogP contribution in [0.3, 0.4) is 0 Å². The smallest absolute Gasteiger partial charge is 0.0224 e. The molecule has 0 fully saturated rings. The second kappa shape index (κ2) is 6.33. The van der Waals surface area contributed by atoms with Crippen molar-refractivity contribution in [1.82, 2.24) is 5.32 Å². The van der Waals surface area contributed by atoms with Crippen LogP contribution in [0.5, 0.6) is 0 Å². The lowest BCUT2D eigenvalue weighted by Gasteiger charge is -1.97. The van der Waals surface area contributed by atoms with Gasteiger partial charge in [-0.05, 0) is 18.4 Å². The van der Waals surface area contributed by atoms with Gasteiger partial charge in [0.15, 0.2) is 0 Å². The van der Waals surface area contributed by atoms with Crippen LogP contribution in [0.15, 0.2) is 11.8 Å². The quantitative estimate of drug-likeness (QED) is 0.562. The molecule has 0 heterocycles. The fourth-order valence-electron chi connectivity index (χ4n) is 0.752. The van der Waals surface area contributed by atoms with Crippen LogP contribution < -0.4 is 5.32 Å². The number of unbranched alkanes of at least 4 members (excludes halogenated alkanes) is 1. The van der Waals surface area contributed by atoms with E-state index in [0.29, 0.717) is 0 Å². The predicted molar refractivity (Wildman–Crippen MR) is 45.5 cm³/mol. The van der Waals surface area contributed by atoms with E-state index in [4.69, 9.17) is 5.41 Å². The van der Waals surface area contributed by atoms with Gasteiger partial charge in [-0.25, -0.2) is 0 Å². The Kier molecular flexibility index (Phi) is 5.83. The summed E-state index contributed by atoms with van der Waals surface area (Å²) < 4.78 is 0. The van der Waals surface area contributed by atoms with E-state index in [1.165, 1.54) is 19.1 Å². The Balaban J connectivity index is 3.60. The molecule has 2 heteroatoms. The van der Waals surface area contributed by atoms with Gasteiger partial charge in [-0.2, -0.15) is 0 Å². The van der Waals surface area contributed by atoms with Crippen LogP contribution in [-0.4, -0.2) is 13.3 Å². The number of allylic oxidation sites excluding steroid dienone is 1. The number of hydrogen-bond donors (Lipinski definition) is 2. The van der Waals surface area contributed by atoms with E-state index in [0.717, 1.165) is 12.0 Å². The average molecular weight is 140 g/mol. The molecule has 0 aromatic heterocycles. The monoisotopic (exact) mass is 140 g/mol. The number of nitrogens with one attached hydrogen (secondary N) is 2. The summed E-state index contributed by atoms with van der Waals surface area (Å²) in [6.07, 6.45) is 6.66. The lowest BCUT2D eigenvalue weighted by Crippen LogP contribution is -1.97. The fraction of sp³-hybridized carbons (Fsp3) is 0.625. The van der Waals surface area contributed by atoms with Crippen LogP contribution in [0.4, 0.5) is 0 Å². The van der Waals surface area contributed by atoms with E-state index in [9.17, 15) is 0 Å². The third-order valence-corrected chi connectivity index (χ3v) is 1.33. The van der Waals surface area contributed by atoms with Gasteiger partial charge in [-0.1, -0.05) is 13.3 Å². The highest BCUT2D eigenvalue weighted by atomic mass is 14.8. The van der Waals surface area contributed by atoms with Crippen molar-refractivity contribution in [3.05, 3.63) is 11.8 Å². The van der Waals surface area contributed by atoms with Gasteiger partial charge >= 0.3 is 0 Å². The van der Waals surface area contributed by atoms with Crippen molar-refractivity contribution in [3.63, 3.8) is 0 Å². The van der Waals surface area contributed by atoms with Crippen molar-refractivity contribution in [2.75, 3.05) is 7.05 Å². The topological polar surface area (TPSA) is 35.9 Å². The van der Waals surface area contributed by atoms with E-state index >= 15 is 0 Å². The van der Waals surface area contributed by atoms with Crippen molar-refractivity contribution < 1.29 is 0 Å². The van der Waals surface area contributed by atoms with Gasteiger partial charge in [0.2, 0.25) is 0 Å². The second-order valence-corrected chi connectivity index (χ2v) is 2.26. The van der Waals surface area contributed by atoms with Crippen molar-refractivity contribution in [1.29, 1.82) is 5.41 Å². The molecule has 0 aliphatic carbocycles. The van der Waals surface area contributed by atoms with E-state index in [1.54, 1.807) is 0 Å². The zero-order valence-corrected chi connectivity index (χ0v) is 6.78. The zero-order chi connectivity index (χ0) is 7.82. The first-order chi connectivity index (χ1) is 4.85. The molecule has 0 amide bonds. The molecule has 10 heavy (non-hydrogen) atoms. The Bertz CT molecular complexity index is 116. The van der Waals surface area contributed by atoms with Crippen LogP contribution in [0, 0.1) is 5.41 Å². The third-order valence-electron chi connectivity index (χ3n) is 1.33. The van der Waals surface area contributed by atoms with E-state index in [2.05, 4.69) is 12.2 Å². The molecule has 0 aliphatic heterocycles. The fourth-order valence-corrected chi connectivity index (χ4v) is 0.752. The summed E-state index contributed by atoms with van der Waals surface area (Å²) in [5.41, 5.74) is 1.07. The van der Waals surface area contributed by atoms with Crippen molar-refractivity contribution >= 4 is 6.21 Å². The third kappa shape index (κ3) is 4.13. The minimum Gasteiger partial charge on any atom is -0.394 e. The molecule has 0 rings (SSSR count). The number of rotatable bonds is 5. The van der Waals surface area contributed by atoms with Gasteiger partial charge in [0.05, 0.1) is 0 Å². The van der Waals surface area contributed by atoms with Crippen LogP contribution >= 0.6 is 0 Å². The van der Waals surface area contributed by atoms with E-state index in [-0.39, 0.29) is 0 Å². The molecular weight excluding hydrogens is 124 g/mol. The van der Waals surface area contributed by atoms with Crippen molar-refractivity contribution in [2.45, 2.75) is 26.2 Å². The normalized spacial score (nSPS) is 11.2. The van der Waals surface area contributed by atoms with Gasteiger partial charge < -0.3 is 10.7 Å². The standard InChI is InChI=1S/C8H16N2/c1-3-4-5-8(6-9)7-10-2/h6-7,9-10H,3-5H2,1-2H3/b8-7-,9-6?. The van der Waals surface area contributed by atoms with Crippen molar-refractivity contribution in [2.24, 2.45) is 0 Å². The maximum atomic E-state index is 7.01. The van der Waals surface area contributed by atoms with Gasteiger partial charge in [0, 0.05) is 19.5 Å². The summed E-state index contributed by atoms with van der Waals surface area (Å²) in [5, 5.41) is 9.92. The molecule has 0 radical (unpaired) electrons. The zero-order valence-electron chi connectivity index (χ0n) is 6.78. The summed E-state index contributed by atoms with van der Waals surface area (Å²) in [6, 6.07) is 0. The molecule has 58 valence electrons. The van der Waals surface area contributed by atoms with Gasteiger partial charge in [0.1, 0.15) is 0 Å².